The van der Waals surface area contributed by atoms with Crippen LogP contribution in [0.25, 0.3) is 11.3 Å². The smallest absolute Gasteiger partial charge is 0.264 e. The molecule has 24 heavy (non-hydrogen) atoms. The molecule has 9 heteroatoms. The van der Waals surface area contributed by atoms with E-state index in [1.165, 1.54) is 11.6 Å². The molecule has 0 bridgehead atoms. The van der Waals surface area contributed by atoms with E-state index in [0.29, 0.717) is 18.9 Å². The Morgan fingerprint density at radius 2 is 2.25 bits per heavy atom. The molecule has 0 saturated heterocycles. The molecule has 0 fully saturated rings. The first-order valence-electron chi connectivity index (χ1n) is 7.30. The highest BCUT2D eigenvalue weighted by Gasteiger charge is 2.20. The van der Waals surface area contributed by atoms with Gasteiger partial charge in [-0.3, -0.25) is 9.82 Å². The number of benzene rings is 1. The summed E-state index contributed by atoms with van der Waals surface area (Å²) in [5, 5.41) is 8.90. The number of nitrogens with one attached hydrogen (secondary N) is 2. The molecule has 3 heterocycles. The van der Waals surface area contributed by atoms with E-state index in [2.05, 4.69) is 19.3 Å². The Morgan fingerprint density at radius 3 is 3.08 bits per heavy atom. The monoisotopic (exact) mass is 362 g/mol. The fourth-order valence-corrected chi connectivity index (χ4v) is 4.47. The van der Waals surface area contributed by atoms with E-state index < -0.39 is 10.0 Å². The quantitative estimate of drug-likeness (QED) is 0.743. The van der Waals surface area contributed by atoms with Crippen molar-refractivity contribution in [2.45, 2.75) is 17.9 Å². The first-order valence-corrected chi connectivity index (χ1v) is 9.62. The average molecular weight is 362 g/mol. The van der Waals surface area contributed by atoms with Gasteiger partial charge in [0.05, 0.1) is 25.1 Å². The van der Waals surface area contributed by atoms with Crippen LogP contribution in [0.1, 0.15) is 11.3 Å². The number of hydrogen-bond acceptors (Lipinski definition) is 6. The number of rotatable bonds is 4. The number of hydrogen-bond donors (Lipinski definition) is 2. The Morgan fingerprint density at radius 1 is 1.33 bits per heavy atom. The summed E-state index contributed by atoms with van der Waals surface area (Å²) in [6, 6.07) is 7.16. The first-order chi connectivity index (χ1) is 11.6. The zero-order valence-corrected chi connectivity index (χ0v) is 14.2. The standard InChI is InChI=1S/C15H14N4O3S2/c20-24(21,12-7-16-23-9-12)19-11-3-1-2-10(6-11)15-13-8-22-5-4-14(13)17-18-15/h1-3,6-7,9,19H,4-5,8H2,(H,17,18). The molecule has 2 N–H and O–H groups in total. The van der Waals surface area contributed by atoms with Gasteiger partial charge in [0.1, 0.15) is 4.90 Å². The number of aromatic amines is 1. The molecule has 0 amide bonds. The van der Waals surface area contributed by atoms with Gasteiger partial charge in [0.25, 0.3) is 10.0 Å². The highest BCUT2D eigenvalue weighted by molar-refractivity contribution is 7.92. The van der Waals surface area contributed by atoms with Crippen molar-refractivity contribution in [1.82, 2.24) is 14.6 Å². The molecule has 124 valence electrons. The third-order valence-electron chi connectivity index (χ3n) is 3.80. The van der Waals surface area contributed by atoms with Crippen LogP contribution < -0.4 is 4.72 Å². The van der Waals surface area contributed by atoms with Gasteiger partial charge in [0.15, 0.2) is 0 Å². The average Bonchev–Trinajstić information content (AvgIpc) is 3.25. The summed E-state index contributed by atoms with van der Waals surface area (Å²) in [4.78, 5) is 0.156. The van der Waals surface area contributed by atoms with Crippen LogP contribution in [0.3, 0.4) is 0 Å². The number of fused-ring (bicyclic) bond motifs is 1. The van der Waals surface area contributed by atoms with E-state index >= 15 is 0 Å². The second kappa shape index (κ2) is 6.00. The SMILES string of the molecule is O=S(=O)(Nc1cccc(-c2n[nH]c3c2COCC3)c1)c1cnsc1. The maximum atomic E-state index is 12.3. The van der Waals surface area contributed by atoms with Crippen LogP contribution >= 0.6 is 11.5 Å². The van der Waals surface area contributed by atoms with Gasteiger partial charge in [-0.15, -0.1) is 0 Å². The topological polar surface area (TPSA) is 97.0 Å². The zero-order valence-electron chi connectivity index (χ0n) is 12.5. The van der Waals surface area contributed by atoms with Crippen molar-refractivity contribution in [1.29, 1.82) is 0 Å². The minimum atomic E-state index is -3.63. The Hall–Kier alpha value is -2.23. The lowest BCUT2D eigenvalue weighted by Gasteiger charge is -2.13. The number of anilines is 1. The van der Waals surface area contributed by atoms with Crippen LogP contribution in [0.4, 0.5) is 5.69 Å². The van der Waals surface area contributed by atoms with Crippen molar-refractivity contribution < 1.29 is 13.2 Å². The first kappa shape index (κ1) is 15.3. The van der Waals surface area contributed by atoms with E-state index in [9.17, 15) is 8.42 Å². The van der Waals surface area contributed by atoms with Gasteiger partial charge >= 0.3 is 0 Å². The molecular formula is C15H14N4O3S2. The Labute approximate surface area is 142 Å². The molecule has 0 aliphatic carbocycles. The molecule has 0 atom stereocenters. The fraction of sp³-hybridized carbons (Fsp3) is 0.200. The molecule has 7 nitrogen and oxygen atoms in total. The lowest BCUT2D eigenvalue weighted by atomic mass is 10.0. The van der Waals surface area contributed by atoms with Gasteiger partial charge in [-0.25, -0.2) is 8.42 Å². The van der Waals surface area contributed by atoms with Crippen LogP contribution in [-0.4, -0.2) is 29.6 Å². The molecular weight excluding hydrogens is 348 g/mol. The Balaban J connectivity index is 1.66. The molecule has 0 radical (unpaired) electrons. The molecule has 1 aliphatic rings. The summed E-state index contributed by atoms with van der Waals surface area (Å²) in [7, 11) is -3.63. The minimum absolute atomic E-state index is 0.156. The largest absolute Gasteiger partial charge is 0.376 e. The van der Waals surface area contributed by atoms with Crippen molar-refractivity contribution >= 4 is 27.2 Å². The lowest BCUT2D eigenvalue weighted by molar-refractivity contribution is 0.110. The number of nitrogens with zero attached hydrogens (tertiary/aromatic N) is 2. The van der Waals surface area contributed by atoms with Crippen LogP contribution in [0.5, 0.6) is 0 Å². The van der Waals surface area contributed by atoms with Crippen molar-refractivity contribution in [2.75, 3.05) is 11.3 Å². The summed E-state index contributed by atoms with van der Waals surface area (Å²) >= 11 is 1.10. The van der Waals surface area contributed by atoms with Gasteiger partial charge in [0, 0.05) is 34.3 Å². The van der Waals surface area contributed by atoms with E-state index in [-0.39, 0.29) is 4.90 Å². The predicted octanol–water partition coefficient (Wildman–Crippen LogP) is 2.41. The summed E-state index contributed by atoms with van der Waals surface area (Å²) in [5.74, 6) is 0. The third kappa shape index (κ3) is 2.81. The second-order valence-electron chi connectivity index (χ2n) is 5.38. The van der Waals surface area contributed by atoms with Crippen molar-refractivity contribution in [3.63, 3.8) is 0 Å². The van der Waals surface area contributed by atoms with Crippen molar-refractivity contribution in [3.8, 4) is 11.3 Å². The number of sulfonamides is 1. The molecule has 0 unspecified atom stereocenters. The van der Waals surface area contributed by atoms with E-state index in [1.807, 2.05) is 6.07 Å². The van der Waals surface area contributed by atoms with Crippen LogP contribution in [0, 0.1) is 0 Å². The van der Waals surface area contributed by atoms with Crippen LogP contribution in [0.15, 0.2) is 40.7 Å². The number of ether oxygens (including phenoxy) is 1. The predicted molar refractivity (Wildman–Crippen MR) is 90.3 cm³/mol. The molecule has 1 aliphatic heterocycles. The second-order valence-corrected chi connectivity index (χ2v) is 7.72. The highest BCUT2D eigenvalue weighted by atomic mass is 32.2. The normalized spacial score (nSPS) is 14.3. The number of H-pyrrole nitrogens is 1. The molecule has 0 spiro atoms. The summed E-state index contributed by atoms with van der Waals surface area (Å²) in [6.07, 6.45) is 2.14. The van der Waals surface area contributed by atoms with Gasteiger partial charge in [-0.2, -0.15) is 9.47 Å². The third-order valence-corrected chi connectivity index (χ3v) is 5.89. The molecule has 1 aromatic carbocycles. The van der Waals surface area contributed by atoms with Gasteiger partial charge < -0.3 is 4.74 Å². The lowest BCUT2D eigenvalue weighted by Crippen LogP contribution is -2.12. The van der Waals surface area contributed by atoms with Crippen LogP contribution in [-0.2, 0) is 27.8 Å². The van der Waals surface area contributed by atoms with E-state index in [0.717, 1.165) is 40.5 Å². The molecule has 3 aromatic rings. The highest BCUT2D eigenvalue weighted by Crippen LogP contribution is 2.29. The fourth-order valence-electron chi connectivity index (χ4n) is 2.62. The van der Waals surface area contributed by atoms with Gasteiger partial charge in [-0.1, -0.05) is 12.1 Å². The summed E-state index contributed by atoms with van der Waals surface area (Å²) in [6.45, 7) is 1.20. The molecule has 0 saturated carbocycles. The Bertz CT molecular complexity index is 965. The van der Waals surface area contributed by atoms with Crippen molar-refractivity contribution in [3.05, 3.63) is 47.1 Å². The van der Waals surface area contributed by atoms with Gasteiger partial charge in [-0.05, 0) is 23.7 Å². The van der Waals surface area contributed by atoms with E-state index in [4.69, 9.17) is 4.74 Å². The molecule has 2 aromatic heterocycles. The molecule has 4 rings (SSSR count). The van der Waals surface area contributed by atoms with Crippen molar-refractivity contribution in [2.24, 2.45) is 0 Å². The minimum Gasteiger partial charge on any atom is -0.376 e. The van der Waals surface area contributed by atoms with Crippen LogP contribution in [0.2, 0.25) is 0 Å². The van der Waals surface area contributed by atoms with Gasteiger partial charge in [0.2, 0.25) is 0 Å². The maximum absolute atomic E-state index is 12.3. The Kier molecular flexibility index (Phi) is 3.83. The van der Waals surface area contributed by atoms with E-state index in [1.54, 1.807) is 18.2 Å². The summed E-state index contributed by atoms with van der Waals surface area (Å²) in [5.41, 5.74) is 4.21. The summed E-state index contributed by atoms with van der Waals surface area (Å²) < 4.78 is 36.5. The zero-order chi connectivity index (χ0) is 16.6. The number of aromatic nitrogens is 3. The maximum Gasteiger partial charge on any atom is 0.264 e.